The molecule has 0 aliphatic carbocycles. The first-order valence-corrected chi connectivity index (χ1v) is 10.4. The van der Waals surface area contributed by atoms with E-state index in [-0.39, 0.29) is 0 Å². The molecule has 0 amide bonds. The number of carbonyl (C=O) groups is 1. The Morgan fingerprint density at radius 2 is 1.57 bits per heavy atom. The summed E-state index contributed by atoms with van der Waals surface area (Å²) in [6, 6.07) is 25.1. The van der Waals surface area contributed by atoms with Crippen LogP contribution in [0, 0.1) is 11.3 Å². The van der Waals surface area contributed by atoms with Crippen LogP contribution in [-0.4, -0.2) is 5.97 Å². The summed E-state index contributed by atoms with van der Waals surface area (Å²) in [5.41, 5.74) is 2.40. The fraction of sp³-hybridized carbons (Fsp3) is 0.185. The normalized spacial score (nSPS) is 10.8. The number of hydrogen-bond acceptors (Lipinski definition) is 3. The van der Waals surface area contributed by atoms with Crippen LogP contribution in [0.5, 0.6) is 5.75 Å². The lowest BCUT2D eigenvalue weighted by Gasteiger charge is -2.09. The van der Waals surface area contributed by atoms with Crippen LogP contribution in [0.25, 0.3) is 21.5 Å². The van der Waals surface area contributed by atoms with Crippen molar-refractivity contribution in [3.05, 3.63) is 89.5 Å². The van der Waals surface area contributed by atoms with Crippen molar-refractivity contribution in [2.24, 2.45) is 0 Å². The van der Waals surface area contributed by atoms with Gasteiger partial charge in [0.1, 0.15) is 5.75 Å². The van der Waals surface area contributed by atoms with Gasteiger partial charge in [-0.2, -0.15) is 5.26 Å². The molecule has 4 rings (SSSR count). The first-order valence-electron chi connectivity index (χ1n) is 10.4. The Bertz CT molecular complexity index is 1250. The van der Waals surface area contributed by atoms with Crippen LogP contribution in [0.1, 0.15) is 47.7 Å². The van der Waals surface area contributed by atoms with Gasteiger partial charge in [0.15, 0.2) is 0 Å². The van der Waals surface area contributed by atoms with Gasteiger partial charge in [0, 0.05) is 0 Å². The molecule has 0 saturated carbocycles. The van der Waals surface area contributed by atoms with Crippen molar-refractivity contribution in [2.45, 2.75) is 32.6 Å². The number of fused-ring (bicyclic) bond motifs is 3. The second-order valence-electron chi connectivity index (χ2n) is 7.54. The molecule has 0 heterocycles. The minimum absolute atomic E-state index is 0.409. The highest BCUT2D eigenvalue weighted by molar-refractivity contribution is 6.09. The van der Waals surface area contributed by atoms with Crippen LogP contribution < -0.4 is 4.74 Å². The van der Waals surface area contributed by atoms with Crippen LogP contribution in [0.2, 0.25) is 0 Å². The van der Waals surface area contributed by atoms with E-state index >= 15 is 0 Å². The maximum Gasteiger partial charge on any atom is 0.343 e. The summed E-state index contributed by atoms with van der Waals surface area (Å²) in [5.74, 6) is 0.0150. The Morgan fingerprint density at radius 3 is 2.27 bits per heavy atom. The molecular weight excluding hydrogens is 370 g/mol. The summed E-state index contributed by atoms with van der Waals surface area (Å²) in [4.78, 5) is 12.6. The number of unbranched alkanes of at least 4 members (excludes halogenated alkanes) is 2. The average molecular weight is 393 g/mol. The minimum atomic E-state index is -0.409. The summed E-state index contributed by atoms with van der Waals surface area (Å²) in [6.45, 7) is 2.22. The maximum absolute atomic E-state index is 12.6. The van der Waals surface area contributed by atoms with Gasteiger partial charge in [0.05, 0.1) is 17.2 Å². The molecule has 0 unspecified atom stereocenters. The molecule has 0 spiro atoms. The van der Waals surface area contributed by atoms with Crippen molar-refractivity contribution in [2.75, 3.05) is 0 Å². The first-order chi connectivity index (χ1) is 14.7. The van der Waals surface area contributed by atoms with Gasteiger partial charge in [0.2, 0.25) is 0 Å². The molecule has 0 fully saturated rings. The topological polar surface area (TPSA) is 50.1 Å². The standard InChI is InChI=1S/C27H23NO2/c1-2-3-4-5-19-8-14-25-21(16-19)9-10-22-17-23(11-15-26(22)25)27(29)30-24-12-6-20(18-28)7-13-24/h6-17H,2-5H2,1H3. The van der Waals surface area contributed by atoms with Crippen molar-refractivity contribution >= 4 is 27.5 Å². The van der Waals surface area contributed by atoms with Gasteiger partial charge in [-0.05, 0) is 76.3 Å². The Morgan fingerprint density at radius 1 is 0.867 bits per heavy atom. The number of benzene rings is 4. The molecule has 30 heavy (non-hydrogen) atoms. The molecule has 3 nitrogen and oxygen atoms in total. The van der Waals surface area contributed by atoms with Crippen molar-refractivity contribution in [3.8, 4) is 11.8 Å². The number of esters is 1. The van der Waals surface area contributed by atoms with Gasteiger partial charge >= 0.3 is 5.97 Å². The molecule has 0 N–H and O–H groups in total. The zero-order valence-corrected chi connectivity index (χ0v) is 17.0. The van der Waals surface area contributed by atoms with Crippen LogP contribution in [-0.2, 0) is 6.42 Å². The highest BCUT2D eigenvalue weighted by atomic mass is 16.5. The van der Waals surface area contributed by atoms with Crippen LogP contribution in [0.4, 0.5) is 0 Å². The lowest BCUT2D eigenvalue weighted by molar-refractivity contribution is 0.0735. The zero-order valence-electron chi connectivity index (χ0n) is 17.0. The van der Waals surface area contributed by atoms with E-state index in [0.717, 1.165) is 17.2 Å². The third-order valence-corrected chi connectivity index (χ3v) is 5.40. The zero-order chi connectivity index (χ0) is 20.9. The number of nitrogens with zero attached hydrogens (tertiary/aromatic N) is 1. The molecule has 0 aliphatic rings. The quantitative estimate of drug-likeness (QED) is 0.156. The molecular formula is C27H23NO2. The van der Waals surface area contributed by atoms with E-state index in [1.807, 2.05) is 24.3 Å². The Hall–Kier alpha value is -3.64. The summed E-state index contributed by atoms with van der Waals surface area (Å²) in [6.07, 6.45) is 4.83. The van der Waals surface area contributed by atoms with Gasteiger partial charge in [-0.1, -0.05) is 56.2 Å². The van der Waals surface area contributed by atoms with Crippen molar-refractivity contribution in [1.29, 1.82) is 5.26 Å². The van der Waals surface area contributed by atoms with E-state index in [0.29, 0.717) is 16.9 Å². The highest BCUT2D eigenvalue weighted by Gasteiger charge is 2.11. The predicted molar refractivity (Wildman–Crippen MR) is 121 cm³/mol. The van der Waals surface area contributed by atoms with Gasteiger partial charge in [-0.15, -0.1) is 0 Å². The number of ether oxygens (including phenoxy) is 1. The average Bonchev–Trinajstić information content (AvgIpc) is 2.79. The number of hydrogen-bond donors (Lipinski definition) is 0. The highest BCUT2D eigenvalue weighted by Crippen LogP contribution is 2.28. The van der Waals surface area contributed by atoms with E-state index in [1.54, 1.807) is 24.3 Å². The molecule has 0 aliphatic heterocycles. The van der Waals surface area contributed by atoms with Crippen LogP contribution in [0.15, 0.2) is 72.8 Å². The van der Waals surface area contributed by atoms with Crippen molar-refractivity contribution in [3.63, 3.8) is 0 Å². The number of rotatable bonds is 6. The number of aryl methyl sites for hydroxylation is 1. The van der Waals surface area contributed by atoms with E-state index in [4.69, 9.17) is 10.00 Å². The van der Waals surface area contributed by atoms with E-state index < -0.39 is 5.97 Å². The summed E-state index contributed by atoms with van der Waals surface area (Å²) < 4.78 is 5.45. The van der Waals surface area contributed by atoms with E-state index in [9.17, 15) is 4.79 Å². The largest absolute Gasteiger partial charge is 0.423 e. The second kappa shape index (κ2) is 8.80. The maximum atomic E-state index is 12.6. The lowest BCUT2D eigenvalue weighted by atomic mass is 9.97. The Balaban J connectivity index is 1.58. The smallest absolute Gasteiger partial charge is 0.343 e. The fourth-order valence-electron chi connectivity index (χ4n) is 3.75. The molecule has 0 bridgehead atoms. The summed E-state index contributed by atoms with van der Waals surface area (Å²) >= 11 is 0. The van der Waals surface area contributed by atoms with E-state index in [1.165, 1.54) is 35.6 Å². The lowest BCUT2D eigenvalue weighted by Crippen LogP contribution is -2.08. The fourth-order valence-corrected chi connectivity index (χ4v) is 3.75. The molecule has 0 atom stereocenters. The Kier molecular flexibility index (Phi) is 5.77. The number of carbonyl (C=O) groups excluding carboxylic acids is 1. The third kappa shape index (κ3) is 4.18. The molecule has 148 valence electrons. The van der Waals surface area contributed by atoms with Gasteiger partial charge in [-0.3, -0.25) is 0 Å². The van der Waals surface area contributed by atoms with Crippen LogP contribution >= 0.6 is 0 Å². The molecule has 0 saturated heterocycles. The second-order valence-corrected chi connectivity index (χ2v) is 7.54. The van der Waals surface area contributed by atoms with Crippen LogP contribution in [0.3, 0.4) is 0 Å². The molecule has 0 radical (unpaired) electrons. The van der Waals surface area contributed by atoms with Gasteiger partial charge in [-0.25, -0.2) is 4.79 Å². The van der Waals surface area contributed by atoms with E-state index in [2.05, 4.69) is 37.3 Å². The molecule has 3 heteroatoms. The molecule has 4 aromatic rings. The van der Waals surface area contributed by atoms with Crippen molar-refractivity contribution in [1.82, 2.24) is 0 Å². The first kappa shape index (κ1) is 19.7. The SMILES string of the molecule is CCCCCc1ccc2c(ccc3cc(C(=O)Oc4ccc(C#N)cc4)ccc32)c1. The van der Waals surface area contributed by atoms with Crippen molar-refractivity contribution < 1.29 is 9.53 Å². The molecule has 0 aromatic heterocycles. The summed E-state index contributed by atoms with van der Waals surface area (Å²) in [5, 5.41) is 13.4. The number of nitriles is 1. The minimum Gasteiger partial charge on any atom is -0.423 e. The molecule has 4 aromatic carbocycles. The summed E-state index contributed by atoms with van der Waals surface area (Å²) in [7, 11) is 0. The van der Waals surface area contributed by atoms with Gasteiger partial charge in [0.25, 0.3) is 0 Å². The third-order valence-electron chi connectivity index (χ3n) is 5.40. The van der Waals surface area contributed by atoms with Gasteiger partial charge < -0.3 is 4.74 Å². The Labute approximate surface area is 176 Å². The predicted octanol–water partition coefficient (Wildman–Crippen LogP) is 6.82. The monoisotopic (exact) mass is 393 g/mol.